The monoisotopic (exact) mass is 408 g/mol. The molecule has 1 N–H and O–H groups in total. The van der Waals surface area contributed by atoms with E-state index in [4.69, 9.17) is 4.74 Å². The highest BCUT2D eigenvalue weighted by atomic mass is 16.6. The fourth-order valence-corrected chi connectivity index (χ4v) is 10.00. The molecular weight excluding hydrogens is 376 g/mol. The quantitative estimate of drug-likeness (QED) is 0.509. The van der Waals surface area contributed by atoms with Gasteiger partial charge in [-0.2, -0.15) is 0 Å². The molecular formula is C26H32O4. The Morgan fingerprint density at radius 1 is 1.17 bits per heavy atom. The predicted octanol–water partition coefficient (Wildman–Crippen LogP) is 4.60. The van der Waals surface area contributed by atoms with Gasteiger partial charge in [0.2, 0.25) is 0 Å². The molecule has 1 spiro atoms. The van der Waals surface area contributed by atoms with E-state index in [0.717, 1.165) is 18.8 Å². The number of hydrogen-bond acceptors (Lipinski definition) is 4. The fourth-order valence-electron chi connectivity index (χ4n) is 10.00. The minimum Gasteiger partial charge on any atom is -0.512 e. The molecule has 6 fully saturated rings. The van der Waals surface area contributed by atoms with Crippen LogP contribution in [-0.2, 0) is 14.3 Å². The van der Waals surface area contributed by atoms with Crippen molar-refractivity contribution in [2.24, 2.45) is 58.2 Å². The maximum Gasteiger partial charge on any atom is 0.317 e. The number of esters is 1. The van der Waals surface area contributed by atoms with Crippen LogP contribution in [0.15, 0.2) is 24.0 Å². The number of ether oxygens (including phenoxy) is 1. The van der Waals surface area contributed by atoms with Gasteiger partial charge in [-0.25, -0.2) is 0 Å². The van der Waals surface area contributed by atoms with Gasteiger partial charge in [-0.05, 0) is 79.1 Å². The van der Waals surface area contributed by atoms with E-state index in [2.05, 4.69) is 20.4 Å². The summed E-state index contributed by atoms with van der Waals surface area (Å²) in [7, 11) is 0. The lowest BCUT2D eigenvalue weighted by atomic mass is 9.45. The Morgan fingerprint density at radius 3 is 2.70 bits per heavy atom. The van der Waals surface area contributed by atoms with Crippen LogP contribution in [-0.4, -0.2) is 22.5 Å². The number of aliphatic hydroxyl groups excluding tert-OH is 1. The van der Waals surface area contributed by atoms with E-state index in [0.29, 0.717) is 54.1 Å². The first-order chi connectivity index (χ1) is 14.2. The van der Waals surface area contributed by atoms with Crippen LogP contribution in [0.25, 0.3) is 0 Å². The number of fused-ring (bicyclic) bond motifs is 12. The zero-order chi connectivity index (χ0) is 20.8. The van der Waals surface area contributed by atoms with E-state index in [-0.39, 0.29) is 22.6 Å². The lowest BCUT2D eigenvalue weighted by molar-refractivity contribution is -0.177. The largest absolute Gasteiger partial charge is 0.512 e. The first kappa shape index (κ1) is 18.0. The van der Waals surface area contributed by atoms with E-state index in [1.165, 1.54) is 24.8 Å². The van der Waals surface area contributed by atoms with E-state index in [9.17, 15) is 14.7 Å². The van der Waals surface area contributed by atoms with E-state index < -0.39 is 11.5 Å². The van der Waals surface area contributed by atoms with Crippen molar-refractivity contribution in [3.63, 3.8) is 0 Å². The van der Waals surface area contributed by atoms with E-state index in [1.807, 2.05) is 6.08 Å². The molecule has 160 valence electrons. The van der Waals surface area contributed by atoms with E-state index >= 15 is 0 Å². The number of aliphatic hydroxyl groups is 1. The molecule has 0 aromatic rings. The Hall–Kier alpha value is -1.58. The van der Waals surface area contributed by atoms with Crippen LogP contribution in [0.1, 0.15) is 58.8 Å². The third-order valence-electron chi connectivity index (χ3n) is 11.4. The molecule has 10 unspecified atom stereocenters. The molecule has 4 heteroatoms. The first-order valence-electron chi connectivity index (χ1n) is 12.1. The molecule has 5 saturated carbocycles. The maximum absolute atomic E-state index is 12.7. The number of ketones is 1. The van der Waals surface area contributed by atoms with Gasteiger partial charge in [-0.15, -0.1) is 0 Å². The summed E-state index contributed by atoms with van der Waals surface area (Å²) in [6.45, 7) is 8.54. The molecule has 0 aromatic carbocycles. The topological polar surface area (TPSA) is 63.6 Å². The van der Waals surface area contributed by atoms with Gasteiger partial charge in [0, 0.05) is 24.2 Å². The van der Waals surface area contributed by atoms with Crippen molar-refractivity contribution in [3.05, 3.63) is 24.0 Å². The zero-order valence-corrected chi connectivity index (χ0v) is 18.0. The lowest BCUT2D eigenvalue weighted by Gasteiger charge is -2.60. The average Bonchev–Trinajstić information content (AvgIpc) is 3.59. The Labute approximate surface area is 178 Å². The summed E-state index contributed by atoms with van der Waals surface area (Å²) in [6, 6.07) is 0. The lowest BCUT2D eigenvalue weighted by Crippen LogP contribution is -2.57. The van der Waals surface area contributed by atoms with Crippen LogP contribution in [0, 0.1) is 58.2 Å². The van der Waals surface area contributed by atoms with Crippen LogP contribution in [0.4, 0.5) is 0 Å². The van der Waals surface area contributed by atoms with Crippen LogP contribution >= 0.6 is 0 Å². The van der Waals surface area contributed by atoms with Crippen molar-refractivity contribution >= 4 is 11.8 Å². The standard InChI is InChI=1S/C26H32O4/c1-12(27)17-11-26(30-23(17)29)20-10-16(20)22-21-15-9-14(15)19-8-13(28)4-6-24(19,2)18(21)5-7-25(22,26)3/h8,14-18,20-22,27H,1,4-7,9-11H2,2-3H3/t14?,15?,16?,17?,18?,20?,21?,22?,24?,25?,26-/m0/s1. The Morgan fingerprint density at radius 2 is 1.97 bits per heavy atom. The van der Waals surface area contributed by atoms with Crippen LogP contribution in [0.5, 0.6) is 0 Å². The summed E-state index contributed by atoms with van der Waals surface area (Å²) in [5.74, 6) is 3.97. The third kappa shape index (κ3) is 1.80. The highest BCUT2D eigenvalue weighted by Gasteiger charge is 2.81. The Balaban J connectivity index is 1.30. The van der Waals surface area contributed by atoms with Crippen molar-refractivity contribution in [3.8, 4) is 0 Å². The van der Waals surface area contributed by atoms with Gasteiger partial charge in [0.15, 0.2) is 5.78 Å². The van der Waals surface area contributed by atoms with Gasteiger partial charge in [-0.3, -0.25) is 9.59 Å². The number of allylic oxidation sites excluding steroid dienone is 1. The number of rotatable bonds is 1. The van der Waals surface area contributed by atoms with Gasteiger partial charge >= 0.3 is 5.97 Å². The molecule has 4 nitrogen and oxygen atoms in total. The van der Waals surface area contributed by atoms with Gasteiger partial charge in [-0.1, -0.05) is 26.0 Å². The van der Waals surface area contributed by atoms with Crippen LogP contribution in [0.2, 0.25) is 0 Å². The molecule has 11 atom stereocenters. The number of hydrogen-bond donors (Lipinski definition) is 1. The van der Waals surface area contributed by atoms with Crippen molar-refractivity contribution in [1.29, 1.82) is 0 Å². The summed E-state index contributed by atoms with van der Waals surface area (Å²) >= 11 is 0. The fraction of sp³-hybridized carbons (Fsp3) is 0.769. The van der Waals surface area contributed by atoms with Gasteiger partial charge in [0.25, 0.3) is 0 Å². The van der Waals surface area contributed by atoms with Crippen molar-refractivity contribution in [2.45, 2.75) is 64.4 Å². The van der Waals surface area contributed by atoms with Gasteiger partial charge < -0.3 is 9.84 Å². The summed E-state index contributed by atoms with van der Waals surface area (Å²) in [4.78, 5) is 24.9. The molecule has 1 aliphatic heterocycles. The SMILES string of the molecule is C=C(O)C1C[C@]2(OC1=O)C1CC1C1C3C4CC4C4=CC(=O)CCC4(C)C3CCC12C. The normalized spacial score (nSPS) is 59.3. The molecule has 0 bridgehead atoms. The minimum atomic E-state index is -0.545. The van der Waals surface area contributed by atoms with Crippen molar-refractivity contribution in [1.82, 2.24) is 0 Å². The molecule has 30 heavy (non-hydrogen) atoms. The highest BCUT2D eigenvalue weighted by molar-refractivity contribution is 5.92. The molecule has 0 aromatic heterocycles. The first-order valence-corrected chi connectivity index (χ1v) is 12.1. The maximum atomic E-state index is 12.7. The summed E-state index contributed by atoms with van der Waals surface area (Å²) < 4.78 is 6.27. The second-order valence-electron chi connectivity index (χ2n) is 12.2. The molecule has 0 amide bonds. The van der Waals surface area contributed by atoms with Gasteiger partial charge in [0.1, 0.15) is 11.5 Å². The van der Waals surface area contributed by atoms with Crippen LogP contribution < -0.4 is 0 Å². The average molecular weight is 409 g/mol. The number of carbonyl (C=O) groups is 2. The third-order valence-corrected chi connectivity index (χ3v) is 11.4. The Bertz CT molecular complexity index is 949. The minimum absolute atomic E-state index is 0.0107. The van der Waals surface area contributed by atoms with Crippen LogP contribution in [0.3, 0.4) is 0 Å². The number of carbonyl (C=O) groups excluding carboxylic acids is 2. The highest BCUT2D eigenvalue weighted by Crippen LogP contribution is 2.82. The molecule has 0 radical (unpaired) electrons. The van der Waals surface area contributed by atoms with Crippen molar-refractivity contribution < 1.29 is 19.4 Å². The summed E-state index contributed by atoms with van der Waals surface area (Å²) in [5, 5.41) is 10.0. The molecule has 7 rings (SSSR count). The molecule has 6 aliphatic carbocycles. The van der Waals surface area contributed by atoms with Crippen molar-refractivity contribution in [2.75, 3.05) is 0 Å². The summed E-state index contributed by atoms with van der Waals surface area (Å²) in [5.41, 5.74) is 1.28. The predicted molar refractivity (Wildman–Crippen MR) is 110 cm³/mol. The van der Waals surface area contributed by atoms with E-state index in [1.54, 1.807) is 0 Å². The molecule has 1 saturated heterocycles. The summed E-state index contributed by atoms with van der Waals surface area (Å²) in [6.07, 6.45) is 9.08. The molecule has 7 aliphatic rings. The Kier molecular flexibility index (Phi) is 3.05. The van der Waals surface area contributed by atoms with Gasteiger partial charge in [0.05, 0.1) is 5.76 Å². The zero-order valence-electron chi connectivity index (χ0n) is 18.0. The molecule has 1 heterocycles. The second kappa shape index (κ2) is 5.07. The smallest absolute Gasteiger partial charge is 0.317 e. The second-order valence-corrected chi connectivity index (χ2v) is 12.2.